The van der Waals surface area contributed by atoms with Crippen molar-refractivity contribution < 1.29 is 4.79 Å². The Bertz CT molecular complexity index is 840. The van der Waals surface area contributed by atoms with E-state index >= 15 is 0 Å². The van der Waals surface area contributed by atoms with Crippen molar-refractivity contribution in [3.05, 3.63) is 91.0 Å². The number of Topliss-reactive ketones (excluding diaryl/α,β-unsaturated/α-hetero) is 1. The van der Waals surface area contributed by atoms with Crippen molar-refractivity contribution >= 4 is 33.9 Å². The molecular formula is C24H23OP. The first-order valence-corrected chi connectivity index (χ1v) is 11.1. The van der Waals surface area contributed by atoms with Crippen LogP contribution in [0.25, 0.3) is 0 Å². The summed E-state index contributed by atoms with van der Waals surface area (Å²) in [7, 11) is 0. The summed E-state index contributed by atoms with van der Waals surface area (Å²) in [6.07, 6.45) is 3.71. The van der Waals surface area contributed by atoms with Crippen molar-refractivity contribution in [3.8, 4) is 0 Å². The number of hydrogen-bond donors (Lipinski definition) is 0. The molecule has 0 atom stereocenters. The Kier molecular flexibility index (Phi) is 4.91. The molecule has 0 radical (unpaired) electrons. The van der Waals surface area contributed by atoms with Gasteiger partial charge in [0.2, 0.25) is 0 Å². The van der Waals surface area contributed by atoms with Gasteiger partial charge in [-0.1, -0.05) is 91.0 Å². The van der Waals surface area contributed by atoms with Crippen LogP contribution in [-0.2, 0) is 4.79 Å². The molecule has 0 amide bonds. The molecule has 0 saturated heterocycles. The van der Waals surface area contributed by atoms with Crippen molar-refractivity contribution in [2.24, 2.45) is 0 Å². The molecule has 0 aliphatic heterocycles. The summed E-state index contributed by atoms with van der Waals surface area (Å²) in [4.78, 5) is 13.2. The largest absolute Gasteiger partial charge is 0.294 e. The summed E-state index contributed by atoms with van der Waals surface area (Å²) in [6.45, 7) is -2.12. The molecule has 1 saturated carbocycles. The SMILES string of the molecule is O=C1CCCCC1=P(c1ccccc1)(c1ccccc1)c1ccccc1. The Labute approximate surface area is 155 Å². The van der Waals surface area contributed by atoms with Crippen molar-refractivity contribution in [3.63, 3.8) is 0 Å². The van der Waals surface area contributed by atoms with Crippen LogP contribution in [-0.4, -0.2) is 11.1 Å². The van der Waals surface area contributed by atoms with Crippen molar-refractivity contribution in [1.82, 2.24) is 0 Å². The molecule has 0 N–H and O–H groups in total. The molecule has 1 fully saturated rings. The van der Waals surface area contributed by atoms with Gasteiger partial charge in [-0.25, -0.2) is 0 Å². The number of carbonyl (C=O) groups is 1. The number of benzene rings is 3. The van der Waals surface area contributed by atoms with Gasteiger partial charge in [0.05, 0.1) is 0 Å². The lowest BCUT2D eigenvalue weighted by Gasteiger charge is -2.33. The van der Waals surface area contributed by atoms with Gasteiger partial charge in [0.1, 0.15) is 0 Å². The molecule has 26 heavy (non-hydrogen) atoms. The second kappa shape index (κ2) is 7.48. The summed E-state index contributed by atoms with van der Waals surface area (Å²) >= 11 is 0. The summed E-state index contributed by atoms with van der Waals surface area (Å²) < 4.78 is 0. The number of ketones is 1. The standard InChI is InChI=1S/C24H23OP/c25-23-18-10-11-19-24(23)26(20-12-4-1-5-13-20,21-14-6-2-7-15-21)22-16-8-3-9-17-22/h1-9,12-17H,10-11,18-19H2. The first-order chi connectivity index (χ1) is 12.8. The highest BCUT2D eigenvalue weighted by molar-refractivity contribution is 7.96. The minimum absolute atomic E-state index is 0.362. The maximum atomic E-state index is 13.2. The quantitative estimate of drug-likeness (QED) is 0.638. The smallest absolute Gasteiger partial charge is 0.159 e. The number of carbonyl (C=O) groups excluding carboxylic acids is 1. The zero-order valence-electron chi connectivity index (χ0n) is 14.8. The molecular weight excluding hydrogens is 335 g/mol. The summed E-state index contributed by atoms with van der Waals surface area (Å²) in [6, 6.07) is 32.0. The molecule has 130 valence electrons. The van der Waals surface area contributed by atoms with E-state index in [0.29, 0.717) is 12.2 Å². The van der Waals surface area contributed by atoms with Gasteiger partial charge < -0.3 is 0 Å². The van der Waals surface area contributed by atoms with Gasteiger partial charge in [-0.2, -0.15) is 0 Å². The molecule has 3 aromatic rings. The second-order valence-electron chi connectivity index (χ2n) is 6.75. The molecule has 3 aromatic carbocycles. The number of rotatable bonds is 3. The third-order valence-electron chi connectivity index (χ3n) is 5.22. The monoisotopic (exact) mass is 358 g/mol. The highest BCUT2D eigenvalue weighted by Gasteiger charge is 2.33. The Morgan fingerprint density at radius 2 is 0.923 bits per heavy atom. The molecule has 1 aliphatic rings. The normalized spacial score (nSPS) is 15.1. The summed E-state index contributed by atoms with van der Waals surface area (Å²) in [5, 5.41) is 4.99. The first kappa shape index (κ1) is 17.1. The molecule has 1 aliphatic carbocycles. The molecule has 0 spiro atoms. The van der Waals surface area contributed by atoms with Gasteiger partial charge in [-0.05, 0) is 42.1 Å². The fourth-order valence-corrected chi connectivity index (χ4v) is 8.75. The lowest BCUT2D eigenvalue weighted by atomic mass is 9.99. The van der Waals surface area contributed by atoms with E-state index in [4.69, 9.17) is 0 Å². The maximum Gasteiger partial charge on any atom is 0.159 e. The van der Waals surface area contributed by atoms with E-state index in [1.165, 1.54) is 15.9 Å². The molecule has 0 aromatic heterocycles. The van der Waals surface area contributed by atoms with Gasteiger partial charge in [-0.15, -0.1) is 0 Å². The van der Waals surface area contributed by atoms with Crippen molar-refractivity contribution in [2.45, 2.75) is 25.7 Å². The Morgan fingerprint density at radius 1 is 0.538 bits per heavy atom. The zero-order chi connectivity index (χ0) is 17.8. The average Bonchev–Trinajstić information content (AvgIpc) is 2.72. The second-order valence-corrected chi connectivity index (χ2v) is 10.2. The van der Waals surface area contributed by atoms with Crippen LogP contribution in [0.5, 0.6) is 0 Å². The molecule has 2 heteroatoms. The Morgan fingerprint density at radius 3 is 1.31 bits per heavy atom. The number of hydrogen-bond acceptors (Lipinski definition) is 1. The summed E-state index contributed by atoms with van der Waals surface area (Å²) in [5.41, 5.74) is 0. The van der Waals surface area contributed by atoms with Crippen LogP contribution in [0.3, 0.4) is 0 Å². The fourth-order valence-electron chi connectivity index (χ4n) is 4.09. The lowest BCUT2D eigenvalue weighted by molar-refractivity contribution is -0.113. The van der Waals surface area contributed by atoms with Crippen LogP contribution in [0.15, 0.2) is 91.0 Å². The zero-order valence-corrected chi connectivity index (χ0v) is 15.7. The van der Waals surface area contributed by atoms with E-state index in [1.807, 2.05) is 0 Å². The first-order valence-electron chi connectivity index (χ1n) is 9.29. The van der Waals surface area contributed by atoms with Crippen LogP contribution in [0.4, 0.5) is 0 Å². The van der Waals surface area contributed by atoms with E-state index < -0.39 is 6.89 Å². The third kappa shape index (κ3) is 2.87. The van der Waals surface area contributed by atoms with Crippen LogP contribution in [0, 0.1) is 0 Å². The van der Waals surface area contributed by atoms with Crippen molar-refractivity contribution in [2.75, 3.05) is 0 Å². The minimum Gasteiger partial charge on any atom is -0.294 e. The van der Waals surface area contributed by atoms with Gasteiger partial charge in [0, 0.05) is 11.7 Å². The predicted molar refractivity (Wildman–Crippen MR) is 114 cm³/mol. The molecule has 1 nitrogen and oxygen atoms in total. The highest BCUT2D eigenvalue weighted by Crippen LogP contribution is 2.48. The van der Waals surface area contributed by atoms with Crippen LogP contribution >= 0.6 is 6.89 Å². The van der Waals surface area contributed by atoms with E-state index in [9.17, 15) is 4.79 Å². The van der Waals surface area contributed by atoms with E-state index in [0.717, 1.165) is 24.6 Å². The Hall–Kier alpha value is -2.37. The highest BCUT2D eigenvalue weighted by atomic mass is 31.2. The molecule has 0 unspecified atom stereocenters. The minimum atomic E-state index is -2.12. The van der Waals surface area contributed by atoms with Gasteiger partial charge >= 0.3 is 0 Å². The van der Waals surface area contributed by atoms with E-state index in [-0.39, 0.29) is 0 Å². The van der Waals surface area contributed by atoms with Crippen LogP contribution in [0.1, 0.15) is 25.7 Å². The lowest BCUT2D eigenvalue weighted by Crippen LogP contribution is -2.34. The van der Waals surface area contributed by atoms with Gasteiger partial charge in [0.15, 0.2) is 5.78 Å². The van der Waals surface area contributed by atoms with Gasteiger partial charge in [-0.3, -0.25) is 4.79 Å². The molecule has 0 bridgehead atoms. The van der Waals surface area contributed by atoms with E-state index in [2.05, 4.69) is 91.0 Å². The summed E-state index contributed by atoms with van der Waals surface area (Å²) in [5.74, 6) is 0.362. The predicted octanol–water partition coefficient (Wildman–Crippen LogP) is 4.30. The molecule has 0 heterocycles. The average molecular weight is 358 g/mol. The van der Waals surface area contributed by atoms with E-state index in [1.54, 1.807) is 0 Å². The van der Waals surface area contributed by atoms with Crippen LogP contribution in [0.2, 0.25) is 0 Å². The van der Waals surface area contributed by atoms with Crippen LogP contribution < -0.4 is 15.9 Å². The fraction of sp³-hybridized carbons (Fsp3) is 0.167. The topological polar surface area (TPSA) is 17.1 Å². The third-order valence-corrected chi connectivity index (χ3v) is 9.73. The molecule has 4 rings (SSSR count). The van der Waals surface area contributed by atoms with Crippen molar-refractivity contribution in [1.29, 1.82) is 0 Å². The maximum absolute atomic E-state index is 13.2. The Balaban J connectivity index is 2.19. The van der Waals surface area contributed by atoms with Gasteiger partial charge in [0.25, 0.3) is 0 Å².